The lowest BCUT2D eigenvalue weighted by atomic mass is 10.0. The molecule has 17 heavy (non-hydrogen) atoms. The zero-order valence-electron chi connectivity index (χ0n) is 9.31. The summed E-state index contributed by atoms with van der Waals surface area (Å²) in [6.45, 7) is 0. The summed E-state index contributed by atoms with van der Waals surface area (Å²) >= 11 is 5.93. The van der Waals surface area contributed by atoms with E-state index >= 15 is 0 Å². The molecule has 0 aliphatic carbocycles. The molecule has 1 aliphatic heterocycles. The van der Waals surface area contributed by atoms with Gasteiger partial charge in [-0.05, 0) is 36.0 Å². The average Bonchev–Trinajstić information content (AvgIpc) is 2.38. The van der Waals surface area contributed by atoms with Gasteiger partial charge in [0.05, 0.1) is 18.7 Å². The largest absolute Gasteiger partial charge is 0.465 e. The Balaban J connectivity index is 2.26. The summed E-state index contributed by atoms with van der Waals surface area (Å²) in [4.78, 5) is 11.4. The molecule has 2 rings (SSSR count). The molecule has 0 radical (unpaired) electrons. The Bertz CT molecular complexity index is 494. The lowest BCUT2D eigenvalue weighted by Crippen LogP contribution is -2.19. The molecule has 3 nitrogen and oxygen atoms in total. The fourth-order valence-corrected chi connectivity index (χ4v) is 1.87. The number of carbonyl (C=O) groups excluding carboxylic acids is 1. The van der Waals surface area contributed by atoms with Crippen LogP contribution in [0.25, 0.3) is 0 Å². The lowest BCUT2D eigenvalue weighted by molar-refractivity contribution is -0.135. The standard InChI is InChI=1S/C13H12ClNO2/c1-17-13(16)10-5-6-15-12(8-10)9-3-2-4-11(14)7-9/h2-8,12,15H,1H3. The highest BCUT2D eigenvalue weighted by Gasteiger charge is 2.15. The Labute approximate surface area is 105 Å². The van der Waals surface area contributed by atoms with Gasteiger partial charge in [-0.2, -0.15) is 0 Å². The topological polar surface area (TPSA) is 38.3 Å². The number of nitrogens with one attached hydrogen (secondary N) is 1. The lowest BCUT2D eigenvalue weighted by Gasteiger charge is -2.18. The molecule has 0 bridgehead atoms. The molecular formula is C13H12ClNO2. The average molecular weight is 250 g/mol. The highest BCUT2D eigenvalue weighted by molar-refractivity contribution is 6.30. The summed E-state index contributed by atoms with van der Waals surface area (Å²) in [6.07, 6.45) is 5.24. The second-order valence-electron chi connectivity index (χ2n) is 3.65. The van der Waals surface area contributed by atoms with E-state index in [0.29, 0.717) is 10.6 Å². The van der Waals surface area contributed by atoms with Crippen LogP contribution in [0.5, 0.6) is 0 Å². The van der Waals surface area contributed by atoms with Crippen molar-refractivity contribution >= 4 is 17.6 Å². The van der Waals surface area contributed by atoms with Crippen LogP contribution >= 0.6 is 11.6 Å². The van der Waals surface area contributed by atoms with E-state index < -0.39 is 0 Å². The van der Waals surface area contributed by atoms with Crippen LogP contribution in [-0.2, 0) is 9.53 Å². The molecule has 1 unspecified atom stereocenters. The Hall–Kier alpha value is -1.74. The number of ether oxygens (including phenoxy) is 1. The Kier molecular flexibility index (Phi) is 3.49. The van der Waals surface area contributed by atoms with Gasteiger partial charge in [0.25, 0.3) is 0 Å². The van der Waals surface area contributed by atoms with Crippen LogP contribution in [-0.4, -0.2) is 13.1 Å². The van der Waals surface area contributed by atoms with Crippen molar-refractivity contribution in [3.05, 3.63) is 58.8 Å². The highest BCUT2D eigenvalue weighted by atomic mass is 35.5. The van der Waals surface area contributed by atoms with Gasteiger partial charge in [-0.15, -0.1) is 0 Å². The second-order valence-corrected chi connectivity index (χ2v) is 4.08. The molecule has 88 valence electrons. The van der Waals surface area contributed by atoms with Crippen molar-refractivity contribution in [1.29, 1.82) is 0 Å². The first-order chi connectivity index (χ1) is 8.20. The van der Waals surface area contributed by atoms with Crippen LogP contribution in [0.3, 0.4) is 0 Å². The maximum absolute atomic E-state index is 11.4. The second kappa shape index (κ2) is 5.06. The number of benzene rings is 1. The SMILES string of the molecule is COC(=O)C1=CC(c2cccc(Cl)c2)NC=C1. The predicted octanol–water partition coefficient (Wildman–Crippen LogP) is 2.60. The van der Waals surface area contributed by atoms with Gasteiger partial charge in [0.15, 0.2) is 0 Å². The molecule has 1 aromatic carbocycles. The maximum atomic E-state index is 11.4. The van der Waals surface area contributed by atoms with Gasteiger partial charge in [-0.25, -0.2) is 4.79 Å². The van der Waals surface area contributed by atoms with E-state index in [0.717, 1.165) is 5.56 Å². The van der Waals surface area contributed by atoms with E-state index in [1.165, 1.54) is 7.11 Å². The summed E-state index contributed by atoms with van der Waals surface area (Å²) in [5.74, 6) is -0.338. The molecule has 1 N–H and O–H groups in total. The molecule has 1 heterocycles. The van der Waals surface area contributed by atoms with Crippen molar-refractivity contribution in [3.8, 4) is 0 Å². The fraction of sp³-hybridized carbons (Fsp3) is 0.154. The number of hydrogen-bond donors (Lipinski definition) is 1. The van der Waals surface area contributed by atoms with E-state index in [4.69, 9.17) is 11.6 Å². The van der Waals surface area contributed by atoms with Gasteiger partial charge in [0.2, 0.25) is 0 Å². The molecule has 0 saturated heterocycles. The number of dihydropyridines is 1. The number of hydrogen-bond acceptors (Lipinski definition) is 3. The molecule has 1 aromatic rings. The molecule has 4 heteroatoms. The molecule has 0 amide bonds. The number of halogens is 1. The van der Waals surface area contributed by atoms with Crippen molar-refractivity contribution in [3.63, 3.8) is 0 Å². The minimum Gasteiger partial charge on any atom is -0.465 e. The van der Waals surface area contributed by atoms with E-state index in [9.17, 15) is 4.79 Å². The molecule has 1 aliphatic rings. The van der Waals surface area contributed by atoms with Gasteiger partial charge >= 0.3 is 5.97 Å². The normalized spacial score (nSPS) is 18.2. The van der Waals surface area contributed by atoms with Gasteiger partial charge in [-0.3, -0.25) is 0 Å². The Morgan fingerprint density at radius 3 is 3.00 bits per heavy atom. The quantitative estimate of drug-likeness (QED) is 0.819. The van der Waals surface area contributed by atoms with Crippen LogP contribution in [0, 0.1) is 0 Å². The monoisotopic (exact) mass is 249 g/mol. The smallest absolute Gasteiger partial charge is 0.337 e. The maximum Gasteiger partial charge on any atom is 0.337 e. The Morgan fingerprint density at radius 2 is 2.29 bits per heavy atom. The number of esters is 1. The van der Waals surface area contributed by atoms with Crippen molar-refractivity contribution in [2.24, 2.45) is 0 Å². The summed E-state index contributed by atoms with van der Waals surface area (Å²) in [6, 6.07) is 7.45. The molecule has 0 aromatic heterocycles. The first kappa shape index (κ1) is 11.7. The van der Waals surface area contributed by atoms with Crippen LogP contribution in [0.1, 0.15) is 11.6 Å². The third-order valence-corrected chi connectivity index (χ3v) is 2.75. The minimum absolute atomic E-state index is 0.0622. The van der Waals surface area contributed by atoms with Crippen LogP contribution in [0.4, 0.5) is 0 Å². The summed E-state index contributed by atoms with van der Waals surface area (Å²) < 4.78 is 4.69. The highest BCUT2D eigenvalue weighted by Crippen LogP contribution is 2.22. The summed E-state index contributed by atoms with van der Waals surface area (Å²) in [5.41, 5.74) is 1.54. The molecule has 0 spiro atoms. The first-order valence-corrected chi connectivity index (χ1v) is 5.56. The number of methoxy groups -OCH3 is 1. The van der Waals surface area contributed by atoms with E-state index in [2.05, 4.69) is 10.1 Å². The third kappa shape index (κ3) is 2.68. The summed E-state index contributed by atoms with van der Waals surface area (Å²) in [5, 5.41) is 3.82. The van der Waals surface area contributed by atoms with Crippen molar-refractivity contribution in [1.82, 2.24) is 5.32 Å². The van der Waals surface area contributed by atoms with Gasteiger partial charge in [-0.1, -0.05) is 23.7 Å². The Morgan fingerprint density at radius 1 is 1.47 bits per heavy atom. The van der Waals surface area contributed by atoms with Crippen LogP contribution < -0.4 is 5.32 Å². The molecule has 0 fully saturated rings. The van der Waals surface area contributed by atoms with E-state index in [1.54, 1.807) is 12.3 Å². The van der Waals surface area contributed by atoms with Crippen molar-refractivity contribution in [2.45, 2.75) is 6.04 Å². The first-order valence-electron chi connectivity index (χ1n) is 5.19. The van der Waals surface area contributed by atoms with Crippen LogP contribution in [0.15, 0.2) is 48.2 Å². The van der Waals surface area contributed by atoms with Crippen molar-refractivity contribution < 1.29 is 9.53 Å². The fourth-order valence-electron chi connectivity index (χ4n) is 1.67. The van der Waals surface area contributed by atoms with E-state index in [1.807, 2.05) is 30.3 Å². The third-order valence-electron chi connectivity index (χ3n) is 2.51. The minimum atomic E-state index is -0.338. The summed E-state index contributed by atoms with van der Waals surface area (Å²) in [7, 11) is 1.37. The zero-order chi connectivity index (χ0) is 12.3. The number of carbonyl (C=O) groups is 1. The molecule has 1 atom stereocenters. The number of rotatable bonds is 2. The predicted molar refractivity (Wildman–Crippen MR) is 66.6 cm³/mol. The van der Waals surface area contributed by atoms with Gasteiger partial charge in [0, 0.05) is 5.02 Å². The van der Waals surface area contributed by atoms with Gasteiger partial charge in [0.1, 0.15) is 0 Å². The zero-order valence-corrected chi connectivity index (χ0v) is 10.1. The van der Waals surface area contributed by atoms with Gasteiger partial charge < -0.3 is 10.1 Å². The van der Waals surface area contributed by atoms with Crippen molar-refractivity contribution in [2.75, 3.05) is 7.11 Å². The molecule has 0 saturated carbocycles. The van der Waals surface area contributed by atoms with Crippen LogP contribution in [0.2, 0.25) is 5.02 Å². The molecular weight excluding hydrogens is 238 g/mol. The van der Waals surface area contributed by atoms with E-state index in [-0.39, 0.29) is 12.0 Å².